The normalized spacial score (nSPS) is 12.6. The van der Waals surface area contributed by atoms with Crippen molar-refractivity contribution < 1.29 is 0 Å². The molecule has 0 fully saturated rings. The maximum atomic E-state index is 2.35. The first-order chi connectivity index (χ1) is 8.46. The monoisotopic (exact) mass is 254 g/mol. The van der Waals surface area contributed by atoms with Crippen LogP contribution in [0.15, 0.2) is 60.7 Å². The SMILES string of the molecule is CC(C)(C)C([SiH3])(c1ccccc1)c1ccccc1. The molecular formula is C17H22Si. The fourth-order valence-electron chi connectivity index (χ4n) is 2.58. The van der Waals surface area contributed by atoms with Gasteiger partial charge in [-0.05, 0) is 16.5 Å². The third-order valence-corrected chi connectivity index (χ3v) is 6.86. The van der Waals surface area contributed by atoms with Crippen molar-refractivity contribution in [3.8, 4) is 0 Å². The maximum absolute atomic E-state index is 2.35. The van der Waals surface area contributed by atoms with Gasteiger partial charge in [-0.2, -0.15) is 0 Å². The van der Waals surface area contributed by atoms with Crippen molar-refractivity contribution in [3.05, 3.63) is 71.8 Å². The molecule has 0 spiro atoms. The van der Waals surface area contributed by atoms with Gasteiger partial charge in [-0.3, -0.25) is 0 Å². The molecule has 0 aromatic heterocycles. The first kappa shape index (κ1) is 13.1. The molecule has 2 aromatic carbocycles. The van der Waals surface area contributed by atoms with E-state index in [0.29, 0.717) is 0 Å². The number of rotatable bonds is 2. The minimum atomic E-state index is 0.162. The van der Waals surface area contributed by atoms with Gasteiger partial charge in [0.15, 0.2) is 0 Å². The average Bonchev–Trinajstić information content (AvgIpc) is 2.38. The average molecular weight is 254 g/mol. The molecule has 0 N–H and O–H groups in total. The molecule has 0 aliphatic carbocycles. The molecule has 0 amide bonds. The molecule has 94 valence electrons. The lowest BCUT2D eigenvalue weighted by molar-refractivity contribution is 0.317. The zero-order valence-corrected chi connectivity index (χ0v) is 13.8. The summed E-state index contributed by atoms with van der Waals surface area (Å²) in [6, 6.07) is 21.9. The predicted molar refractivity (Wildman–Crippen MR) is 83.1 cm³/mol. The van der Waals surface area contributed by atoms with E-state index in [-0.39, 0.29) is 10.5 Å². The first-order valence-electron chi connectivity index (χ1n) is 6.57. The summed E-state index contributed by atoms with van der Waals surface area (Å²) in [4.78, 5) is 0. The molecule has 0 nitrogen and oxygen atoms in total. The first-order valence-corrected chi connectivity index (χ1v) is 7.57. The molecule has 0 aliphatic rings. The van der Waals surface area contributed by atoms with E-state index in [1.165, 1.54) is 11.1 Å². The van der Waals surface area contributed by atoms with Crippen LogP contribution in [0.2, 0.25) is 0 Å². The van der Waals surface area contributed by atoms with Crippen molar-refractivity contribution in [1.29, 1.82) is 0 Å². The summed E-state index contributed by atoms with van der Waals surface area (Å²) in [7, 11) is 1.10. The molecule has 0 aliphatic heterocycles. The van der Waals surface area contributed by atoms with E-state index in [9.17, 15) is 0 Å². The Morgan fingerprint density at radius 2 is 1.00 bits per heavy atom. The number of hydrogen-bond acceptors (Lipinski definition) is 0. The van der Waals surface area contributed by atoms with Crippen LogP contribution in [0.4, 0.5) is 0 Å². The van der Waals surface area contributed by atoms with Gasteiger partial charge >= 0.3 is 0 Å². The van der Waals surface area contributed by atoms with Crippen LogP contribution in [-0.2, 0) is 5.04 Å². The van der Waals surface area contributed by atoms with Gasteiger partial charge in [0, 0.05) is 15.3 Å². The van der Waals surface area contributed by atoms with Crippen molar-refractivity contribution in [2.24, 2.45) is 5.41 Å². The van der Waals surface area contributed by atoms with Crippen LogP contribution >= 0.6 is 0 Å². The van der Waals surface area contributed by atoms with E-state index < -0.39 is 0 Å². The lowest BCUT2D eigenvalue weighted by Crippen LogP contribution is -2.41. The summed E-state index contributed by atoms with van der Waals surface area (Å²) in [6.45, 7) is 7.04. The summed E-state index contributed by atoms with van der Waals surface area (Å²) in [5, 5.41) is 0.162. The van der Waals surface area contributed by atoms with Crippen molar-refractivity contribution in [3.63, 3.8) is 0 Å². The van der Waals surface area contributed by atoms with Crippen LogP contribution in [0.25, 0.3) is 0 Å². The Labute approximate surface area is 113 Å². The Bertz CT molecular complexity index is 455. The summed E-state index contributed by atoms with van der Waals surface area (Å²) in [6.07, 6.45) is 0. The number of hydrogen-bond donors (Lipinski definition) is 0. The summed E-state index contributed by atoms with van der Waals surface area (Å²) in [5.74, 6) is 0. The van der Waals surface area contributed by atoms with E-state index in [4.69, 9.17) is 0 Å². The minimum absolute atomic E-state index is 0.162. The lowest BCUT2D eigenvalue weighted by Gasteiger charge is -2.43. The Kier molecular flexibility index (Phi) is 3.44. The zero-order chi connectivity index (χ0) is 13.2. The minimum Gasteiger partial charge on any atom is -0.0622 e. The molecule has 2 rings (SSSR count). The molecule has 0 unspecified atom stereocenters. The van der Waals surface area contributed by atoms with E-state index in [2.05, 4.69) is 81.4 Å². The second kappa shape index (κ2) is 4.73. The Morgan fingerprint density at radius 1 is 0.667 bits per heavy atom. The fraction of sp³-hybridized carbons (Fsp3) is 0.294. The summed E-state index contributed by atoms with van der Waals surface area (Å²) >= 11 is 0. The molecule has 0 radical (unpaired) electrons. The standard InChI is InChI=1S/C17H22Si/c1-16(2,3)17(18,14-10-6-4-7-11-14)15-12-8-5-9-13-15/h4-13H,1-3,18H3. The zero-order valence-electron chi connectivity index (χ0n) is 11.8. The van der Waals surface area contributed by atoms with E-state index in [1.807, 2.05) is 0 Å². The predicted octanol–water partition coefficient (Wildman–Crippen LogP) is 3.34. The Morgan fingerprint density at radius 3 is 1.28 bits per heavy atom. The smallest absolute Gasteiger partial charge is 0.0225 e. The molecule has 0 bridgehead atoms. The van der Waals surface area contributed by atoms with E-state index in [0.717, 1.165) is 10.2 Å². The Hall–Kier alpha value is -1.34. The summed E-state index contributed by atoms with van der Waals surface area (Å²) < 4.78 is 0. The van der Waals surface area contributed by atoms with Crippen molar-refractivity contribution in [2.45, 2.75) is 25.8 Å². The van der Waals surface area contributed by atoms with Gasteiger partial charge in [0.2, 0.25) is 0 Å². The van der Waals surface area contributed by atoms with Crippen molar-refractivity contribution in [1.82, 2.24) is 0 Å². The van der Waals surface area contributed by atoms with Crippen molar-refractivity contribution >= 4 is 10.2 Å². The molecule has 2 aromatic rings. The van der Waals surface area contributed by atoms with Crippen LogP contribution in [0.5, 0.6) is 0 Å². The molecule has 1 heteroatoms. The third-order valence-electron chi connectivity index (χ3n) is 4.20. The molecule has 0 heterocycles. The van der Waals surface area contributed by atoms with Crippen LogP contribution in [0.3, 0.4) is 0 Å². The number of benzene rings is 2. The highest BCUT2D eigenvalue weighted by Gasteiger charge is 2.40. The van der Waals surface area contributed by atoms with Gasteiger partial charge in [0.05, 0.1) is 0 Å². The highest BCUT2D eigenvalue weighted by Crippen LogP contribution is 2.43. The second-order valence-electron chi connectivity index (χ2n) is 6.11. The lowest BCUT2D eigenvalue weighted by atomic mass is 9.71. The molecule has 18 heavy (non-hydrogen) atoms. The van der Waals surface area contributed by atoms with Gasteiger partial charge in [-0.1, -0.05) is 81.4 Å². The van der Waals surface area contributed by atoms with Crippen LogP contribution in [0, 0.1) is 5.41 Å². The molecule has 0 atom stereocenters. The highest BCUT2D eigenvalue weighted by atomic mass is 28.1. The molecule has 0 saturated carbocycles. The van der Waals surface area contributed by atoms with Crippen LogP contribution in [0.1, 0.15) is 31.9 Å². The van der Waals surface area contributed by atoms with Crippen LogP contribution < -0.4 is 0 Å². The van der Waals surface area contributed by atoms with Gasteiger partial charge in [0.1, 0.15) is 0 Å². The molecular weight excluding hydrogens is 232 g/mol. The van der Waals surface area contributed by atoms with Gasteiger partial charge < -0.3 is 0 Å². The maximum Gasteiger partial charge on any atom is 0.0225 e. The van der Waals surface area contributed by atoms with E-state index in [1.54, 1.807) is 0 Å². The second-order valence-corrected chi connectivity index (χ2v) is 7.61. The quantitative estimate of drug-likeness (QED) is 0.721. The van der Waals surface area contributed by atoms with Gasteiger partial charge in [0.25, 0.3) is 0 Å². The summed E-state index contributed by atoms with van der Waals surface area (Å²) in [5.41, 5.74) is 3.10. The highest BCUT2D eigenvalue weighted by molar-refractivity contribution is 6.18. The van der Waals surface area contributed by atoms with E-state index >= 15 is 0 Å². The third kappa shape index (κ3) is 2.15. The molecule has 0 saturated heterocycles. The van der Waals surface area contributed by atoms with Crippen molar-refractivity contribution in [2.75, 3.05) is 0 Å². The van der Waals surface area contributed by atoms with Gasteiger partial charge in [-0.25, -0.2) is 0 Å². The topological polar surface area (TPSA) is 0 Å². The van der Waals surface area contributed by atoms with Crippen LogP contribution in [-0.4, -0.2) is 10.2 Å². The Balaban J connectivity index is 2.63. The van der Waals surface area contributed by atoms with Gasteiger partial charge in [-0.15, -0.1) is 0 Å². The fourth-order valence-corrected chi connectivity index (χ4v) is 3.24. The largest absolute Gasteiger partial charge is 0.0622 e.